The van der Waals surface area contributed by atoms with Gasteiger partial charge in [-0.1, -0.05) is 43.3 Å². The number of halogens is 1. The molecular formula is C20H23BrN2. The number of H-pyrrole nitrogens is 1. The van der Waals surface area contributed by atoms with Crippen molar-refractivity contribution in [2.45, 2.75) is 32.6 Å². The van der Waals surface area contributed by atoms with Crippen molar-refractivity contribution in [1.82, 2.24) is 4.98 Å². The van der Waals surface area contributed by atoms with Crippen LogP contribution in [0.25, 0.3) is 22.2 Å². The first kappa shape index (κ1) is 16.3. The Hall–Kier alpha value is -1.58. The van der Waals surface area contributed by atoms with Gasteiger partial charge in [0.2, 0.25) is 0 Å². The van der Waals surface area contributed by atoms with Crippen molar-refractivity contribution in [1.29, 1.82) is 0 Å². The monoisotopic (exact) mass is 370 g/mol. The Morgan fingerprint density at radius 3 is 2.52 bits per heavy atom. The molecule has 23 heavy (non-hydrogen) atoms. The molecular weight excluding hydrogens is 348 g/mol. The lowest BCUT2D eigenvalue weighted by Gasteiger charge is -2.06. The maximum absolute atomic E-state index is 5.67. The molecule has 2 nitrogen and oxygen atoms in total. The summed E-state index contributed by atoms with van der Waals surface area (Å²) in [5.74, 6) is 0. The van der Waals surface area contributed by atoms with Crippen LogP contribution >= 0.6 is 15.9 Å². The van der Waals surface area contributed by atoms with Crippen LogP contribution in [0, 0.1) is 0 Å². The topological polar surface area (TPSA) is 41.8 Å². The summed E-state index contributed by atoms with van der Waals surface area (Å²) in [6.45, 7) is 2.94. The summed E-state index contributed by atoms with van der Waals surface area (Å²) in [5.41, 5.74) is 12.1. The zero-order chi connectivity index (χ0) is 16.2. The Balaban J connectivity index is 2.09. The van der Waals surface area contributed by atoms with Gasteiger partial charge in [-0.2, -0.15) is 0 Å². The van der Waals surface area contributed by atoms with E-state index in [4.69, 9.17) is 5.73 Å². The average molecular weight is 371 g/mol. The van der Waals surface area contributed by atoms with Crippen molar-refractivity contribution in [3.63, 3.8) is 0 Å². The van der Waals surface area contributed by atoms with Crippen molar-refractivity contribution >= 4 is 26.8 Å². The number of nitrogens with one attached hydrogen (secondary N) is 1. The fourth-order valence-corrected chi connectivity index (χ4v) is 3.56. The number of unbranched alkanes of at least 4 members (excludes halogenated alkanes) is 1. The number of aryl methyl sites for hydroxylation is 2. The van der Waals surface area contributed by atoms with Gasteiger partial charge in [-0.3, -0.25) is 0 Å². The largest absolute Gasteiger partial charge is 0.353 e. The standard InChI is InChI=1S/C20H23BrN2/c1-2-14-9-11-15(12-10-14)19-16(6-3-4-13-22)17-7-5-8-18(21)20(17)23-19/h5,7-12,23H,2-4,6,13,22H2,1H3. The maximum atomic E-state index is 5.67. The smallest absolute Gasteiger partial charge is 0.0606 e. The Morgan fingerprint density at radius 2 is 1.83 bits per heavy atom. The Bertz CT molecular complexity index is 787. The SMILES string of the molecule is CCc1ccc(-c2[nH]c3c(Br)cccc3c2CCCCN)cc1. The highest BCUT2D eigenvalue weighted by Gasteiger charge is 2.14. The maximum Gasteiger partial charge on any atom is 0.0606 e. The van der Waals surface area contributed by atoms with Gasteiger partial charge in [0.05, 0.1) is 5.52 Å². The van der Waals surface area contributed by atoms with E-state index in [0.717, 1.165) is 36.7 Å². The van der Waals surface area contributed by atoms with Crippen molar-refractivity contribution in [3.8, 4) is 11.3 Å². The zero-order valence-corrected chi connectivity index (χ0v) is 15.1. The van der Waals surface area contributed by atoms with Crippen LogP contribution in [-0.4, -0.2) is 11.5 Å². The van der Waals surface area contributed by atoms with Crippen LogP contribution in [-0.2, 0) is 12.8 Å². The predicted molar refractivity (Wildman–Crippen MR) is 103 cm³/mol. The molecule has 0 saturated heterocycles. The normalized spacial score (nSPS) is 11.3. The Morgan fingerprint density at radius 1 is 1.04 bits per heavy atom. The molecule has 0 amide bonds. The number of benzene rings is 2. The first-order valence-corrected chi connectivity index (χ1v) is 9.12. The minimum atomic E-state index is 0.757. The summed E-state index contributed by atoms with van der Waals surface area (Å²) >= 11 is 3.67. The van der Waals surface area contributed by atoms with Crippen LogP contribution in [0.2, 0.25) is 0 Å². The van der Waals surface area contributed by atoms with E-state index in [1.54, 1.807) is 0 Å². The lowest BCUT2D eigenvalue weighted by Crippen LogP contribution is -1.99. The number of hydrogen-bond donors (Lipinski definition) is 2. The first-order valence-electron chi connectivity index (χ1n) is 8.33. The fraction of sp³-hybridized carbons (Fsp3) is 0.300. The molecule has 3 N–H and O–H groups in total. The van der Waals surface area contributed by atoms with E-state index in [9.17, 15) is 0 Å². The third-order valence-corrected chi connectivity index (χ3v) is 5.08. The van der Waals surface area contributed by atoms with Gasteiger partial charge in [-0.05, 0) is 70.9 Å². The molecule has 0 spiro atoms. The van der Waals surface area contributed by atoms with Crippen LogP contribution in [0.4, 0.5) is 0 Å². The van der Waals surface area contributed by atoms with Gasteiger partial charge in [-0.25, -0.2) is 0 Å². The van der Waals surface area contributed by atoms with E-state index in [0.29, 0.717) is 0 Å². The van der Waals surface area contributed by atoms with E-state index in [2.05, 4.69) is 70.3 Å². The molecule has 0 aliphatic heterocycles. The molecule has 1 heterocycles. The van der Waals surface area contributed by atoms with E-state index in [-0.39, 0.29) is 0 Å². The van der Waals surface area contributed by atoms with Crippen LogP contribution in [0.3, 0.4) is 0 Å². The number of hydrogen-bond acceptors (Lipinski definition) is 1. The van der Waals surface area contributed by atoms with Crippen molar-refractivity contribution in [2.75, 3.05) is 6.54 Å². The summed E-state index contributed by atoms with van der Waals surface area (Å²) < 4.78 is 1.12. The van der Waals surface area contributed by atoms with Crippen molar-refractivity contribution < 1.29 is 0 Å². The highest BCUT2D eigenvalue weighted by atomic mass is 79.9. The van der Waals surface area contributed by atoms with E-state index in [1.807, 2.05) is 0 Å². The lowest BCUT2D eigenvalue weighted by atomic mass is 9.99. The van der Waals surface area contributed by atoms with E-state index >= 15 is 0 Å². The summed E-state index contributed by atoms with van der Waals surface area (Å²) in [7, 11) is 0. The number of fused-ring (bicyclic) bond motifs is 1. The fourth-order valence-electron chi connectivity index (χ4n) is 3.10. The summed E-state index contributed by atoms with van der Waals surface area (Å²) in [5, 5.41) is 1.31. The van der Waals surface area contributed by atoms with Crippen LogP contribution in [0.15, 0.2) is 46.9 Å². The van der Waals surface area contributed by atoms with Gasteiger partial charge in [0.1, 0.15) is 0 Å². The number of rotatable bonds is 6. The average Bonchev–Trinajstić information content (AvgIpc) is 2.95. The van der Waals surface area contributed by atoms with Crippen LogP contribution in [0.5, 0.6) is 0 Å². The molecule has 0 bridgehead atoms. The molecule has 2 aromatic carbocycles. The Kier molecular flexibility index (Phi) is 5.19. The molecule has 3 heteroatoms. The van der Waals surface area contributed by atoms with Crippen molar-refractivity contribution in [2.24, 2.45) is 5.73 Å². The number of aromatic nitrogens is 1. The first-order chi connectivity index (χ1) is 11.2. The molecule has 0 fully saturated rings. The van der Waals surface area contributed by atoms with Gasteiger partial charge in [0.25, 0.3) is 0 Å². The quantitative estimate of drug-likeness (QED) is 0.557. The third-order valence-electron chi connectivity index (χ3n) is 4.42. The highest BCUT2D eigenvalue weighted by Crippen LogP contribution is 2.34. The molecule has 0 atom stereocenters. The molecule has 0 radical (unpaired) electrons. The summed E-state index contributed by atoms with van der Waals surface area (Å²) in [6.07, 6.45) is 4.31. The lowest BCUT2D eigenvalue weighted by molar-refractivity contribution is 0.748. The van der Waals surface area contributed by atoms with Gasteiger partial charge in [0.15, 0.2) is 0 Å². The van der Waals surface area contributed by atoms with Crippen molar-refractivity contribution in [3.05, 3.63) is 58.1 Å². The number of nitrogens with two attached hydrogens (primary N) is 1. The molecule has 3 aromatic rings. The summed E-state index contributed by atoms with van der Waals surface area (Å²) in [6, 6.07) is 15.3. The van der Waals surface area contributed by atoms with Gasteiger partial charge in [-0.15, -0.1) is 0 Å². The Labute approximate surface area is 146 Å². The molecule has 1 aromatic heterocycles. The van der Waals surface area contributed by atoms with Gasteiger partial charge < -0.3 is 10.7 Å². The molecule has 3 rings (SSSR count). The molecule has 0 saturated carbocycles. The third kappa shape index (κ3) is 3.36. The minimum absolute atomic E-state index is 0.757. The number of para-hydroxylation sites is 1. The molecule has 0 aliphatic rings. The predicted octanol–water partition coefficient (Wildman–Crippen LogP) is 5.44. The molecule has 0 unspecified atom stereocenters. The van der Waals surface area contributed by atoms with E-state index < -0.39 is 0 Å². The second-order valence-electron chi connectivity index (χ2n) is 5.94. The zero-order valence-electron chi connectivity index (χ0n) is 13.5. The second-order valence-corrected chi connectivity index (χ2v) is 6.79. The number of aromatic amines is 1. The van der Waals surface area contributed by atoms with Gasteiger partial charge >= 0.3 is 0 Å². The molecule has 120 valence electrons. The highest BCUT2D eigenvalue weighted by molar-refractivity contribution is 9.10. The van der Waals surface area contributed by atoms with Gasteiger partial charge in [0, 0.05) is 15.6 Å². The van der Waals surface area contributed by atoms with Crippen LogP contribution < -0.4 is 5.73 Å². The van der Waals surface area contributed by atoms with Crippen LogP contribution in [0.1, 0.15) is 30.9 Å². The second kappa shape index (κ2) is 7.33. The summed E-state index contributed by atoms with van der Waals surface area (Å²) in [4.78, 5) is 3.64. The molecule has 0 aliphatic carbocycles. The minimum Gasteiger partial charge on any atom is -0.353 e. The van der Waals surface area contributed by atoms with E-state index in [1.165, 1.54) is 33.3 Å².